The number of rotatable bonds is 1. The first-order chi connectivity index (χ1) is 7.49. The van der Waals surface area contributed by atoms with Crippen molar-refractivity contribution in [3.63, 3.8) is 0 Å². The van der Waals surface area contributed by atoms with Crippen molar-refractivity contribution >= 4 is 45.8 Å². The lowest BCUT2D eigenvalue weighted by atomic mass is 10.1. The summed E-state index contributed by atoms with van der Waals surface area (Å²) >= 11 is 7.72. The molecular weight excluding hydrogens is 288 g/mol. The van der Waals surface area contributed by atoms with E-state index in [2.05, 4.69) is 28.6 Å². The zero-order valence-corrected chi connectivity index (χ0v) is 11.4. The topological polar surface area (TPSA) is 46.3 Å². The maximum Gasteiger partial charge on any atom is 0.228 e. The number of benzene rings is 1. The molecule has 0 radical (unpaired) electrons. The average Bonchev–Trinajstić information content (AvgIpc) is 2.43. The molecule has 0 aromatic heterocycles. The standard InChI is InChI=1S/C11H13BrN2OS/c1-6-2-7(12)3-9(13)11(6)14-5-8(16)4-10(14)15/h2-3,8,16H,4-5,13H2,1H3. The number of hydrogen-bond acceptors (Lipinski definition) is 3. The van der Waals surface area contributed by atoms with E-state index >= 15 is 0 Å². The normalized spacial score (nSPS) is 20.6. The molecule has 86 valence electrons. The van der Waals surface area contributed by atoms with Gasteiger partial charge in [-0.05, 0) is 24.6 Å². The zero-order chi connectivity index (χ0) is 11.9. The number of amides is 1. The van der Waals surface area contributed by atoms with Crippen LogP contribution in [-0.2, 0) is 4.79 Å². The van der Waals surface area contributed by atoms with Gasteiger partial charge in [0.1, 0.15) is 0 Å². The van der Waals surface area contributed by atoms with Gasteiger partial charge >= 0.3 is 0 Å². The predicted octanol–water partition coefficient (Wildman–Crippen LogP) is 2.37. The van der Waals surface area contributed by atoms with Crippen LogP contribution in [0.4, 0.5) is 11.4 Å². The number of carbonyl (C=O) groups is 1. The number of nitrogen functional groups attached to an aromatic ring is 1. The minimum Gasteiger partial charge on any atom is -0.397 e. The second-order valence-electron chi connectivity index (χ2n) is 4.02. The van der Waals surface area contributed by atoms with Crippen molar-refractivity contribution in [1.29, 1.82) is 0 Å². The molecule has 2 rings (SSSR count). The van der Waals surface area contributed by atoms with E-state index in [-0.39, 0.29) is 11.2 Å². The van der Waals surface area contributed by atoms with E-state index in [4.69, 9.17) is 5.73 Å². The molecule has 0 aliphatic carbocycles. The Morgan fingerprint density at radius 2 is 2.25 bits per heavy atom. The number of halogens is 1. The number of hydrogen-bond donors (Lipinski definition) is 2. The molecule has 0 spiro atoms. The second-order valence-corrected chi connectivity index (χ2v) is 5.67. The van der Waals surface area contributed by atoms with Crippen molar-refractivity contribution in [2.75, 3.05) is 17.2 Å². The van der Waals surface area contributed by atoms with Crippen molar-refractivity contribution in [1.82, 2.24) is 0 Å². The first-order valence-electron chi connectivity index (χ1n) is 5.03. The summed E-state index contributed by atoms with van der Waals surface area (Å²) in [6.45, 7) is 2.59. The number of nitrogens with two attached hydrogens (primary N) is 1. The van der Waals surface area contributed by atoms with Crippen LogP contribution in [0.1, 0.15) is 12.0 Å². The van der Waals surface area contributed by atoms with Gasteiger partial charge in [-0.15, -0.1) is 0 Å². The van der Waals surface area contributed by atoms with Crippen molar-refractivity contribution in [2.45, 2.75) is 18.6 Å². The fourth-order valence-electron chi connectivity index (χ4n) is 2.04. The average molecular weight is 301 g/mol. The molecule has 3 nitrogen and oxygen atoms in total. The van der Waals surface area contributed by atoms with Gasteiger partial charge in [0.25, 0.3) is 0 Å². The maximum atomic E-state index is 11.8. The maximum absolute atomic E-state index is 11.8. The molecule has 1 unspecified atom stereocenters. The molecule has 1 saturated heterocycles. The fourth-order valence-corrected chi connectivity index (χ4v) is 2.94. The molecule has 5 heteroatoms. The van der Waals surface area contributed by atoms with E-state index in [0.717, 1.165) is 15.7 Å². The molecule has 1 heterocycles. The fraction of sp³-hybridized carbons (Fsp3) is 0.364. The van der Waals surface area contributed by atoms with E-state index in [1.165, 1.54) is 0 Å². The quantitative estimate of drug-likeness (QED) is 0.618. The first-order valence-corrected chi connectivity index (χ1v) is 6.34. The first kappa shape index (κ1) is 11.8. The Kier molecular flexibility index (Phi) is 3.17. The molecule has 1 aliphatic rings. The molecule has 1 aromatic carbocycles. The lowest BCUT2D eigenvalue weighted by Crippen LogP contribution is -2.26. The lowest BCUT2D eigenvalue weighted by Gasteiger charge is -2.21. The van der Waals surface area contributed by atoms with Gasteiger partial charge in [-0.3, -0.25) is 4.79 Å². The van der Waals surface area contributed by atoms with Crippen LogP contribution in [0.5, 0.6) is 0 Å². The predicted molar refractivity (Wildman–Crippen MR) is 73.0 cm³/mol. The molecule has 1 aliphatic heterocycles. The van der Waals surface area contributed by atoms with Crippen LogP contribution in [0.15, 0.2) is 16.6 Å². The SMILES string of the molecule is Cc1cc(Br)cc(N)c1N1CC(S)CC1=O. The highest BCUT2D eigenvalue weighted by Crippen LogP contribution is 2.34. The van der Waals surface area contributed by atoms with E-state index < -0.39 is 0 Å². The third kappa shape index (κ3) is 2.06. The summed E-state index contributed by atoms with van der Waals surface area (Å²) in [7, 11) is 0. The van der Waals surface area contributed by atoms with Crippen molar-refractivity contribution in [3.05, 3.63) is 22.2 Å². The van der Waals surface area contributed by atoms with Gasteiger partial charge in [0.05, 0.1) is 11.4 Å². The molecule has 16 heavy (non-hydrogen) atoms. The third-order valence-corrected chi connectivity index (χ3v) is 3.47. The highest BCUT2D eigenvalue weighted by molar-refractivity contribution is 9.10. The van der Waals surface area contributed by atoms with Crippen LogP contribution in [-0.4, -0.2) is 17.7 Å². The Bertz CT molecular complexity index is 427. The van der Waals surface area contributed by atoms with Crippen LogP contribution in [0, 0.1) is 6.92 Å². The molecule has 0 bridgehead atoms. The summed E-state index contributed by atoms with van der Waals surface area (Å²) in [4.78, 5) is 13.5. The van der Waals surface area contributed by atoms with E-state index in [0.29, 0.717) is 18.7 Å². The van der Waals surface area contributed by atoms with Gasteiger partial charge < -0.3 is 10.6 Å². The lowest BCUT2D eigenvalue weighted by molar-refractivity contribution is -0.117. The molecule has 1 atom stereocenters. The monoisotopic (exact) mass is 300 g/mol. The molecule has 0 saturated carbocycles. The summed E-state index contributed by atoms with van der Waals surface area (Å²) in [5, 5.41) is 0.106. The summed E-state index contributed by atoms with van der Waals surface area (Å²) in [5.74, 6) is 0.0946. The molecule has 1 amide bonds. The number of thiol groups is 1. The summed E-state index contributed by atoms with van der Waals surface area (Å²) in [5.41, 5.74) is 8.41. The molecule has 1 fully saturated rings. The third-order valence-electron chi connectivity index (χ3n) is 2.67. The van der Waals surface area contributed by atoms with Crippen LogP contribution >= 0.6 is 28.6 Å². The molecular formula is C11H13BrN2OS. The summed E-state index contributed by atoms with van der Waals surface area (Å²) in [6, 6.07) is 3.78. The second kappa shape index (κ2) is 4.30. The Labute approximate surface area is 109 Å². The molecule has 2 N–H and O–H groups in total. The van der Waals surface area contributed by atoms with E-state index in [1.54, 1.807) is 4.90 Å². The Morgan fingerprint density at radius 3 is 2.75 bits per heavy atom. The van der Waals surface area contributed by atoms with Crippen LogP contribution < -0.4 is 10.6 Å². The van der Waals surface area contributed by atoms with Gasteiger partial charge in [0, 0.05) is 22.7 Å². The minimum atomic E-state index is 0.0946. The van der Waals surface area contributed by atoms with Crippen LogP contribution in [0.2, 0.25) is 0 Å². The van der Waals surface area contributed by atoms with Crippen molar-refractivity contribution < 1.29 is 4.79 Å². The number of aryl methyl sites for hydroxylation is 1. The highest BCUT2D eigenvalue weighted by Gasteiger charge is 2.30. The van der Waals surface area contributed by atoms with E-state index in [1.807, 2.05) is 19.1 Å². The largest absolute Gasteiger partial charge is 0.397 e. The van der Waals surface area contributed by atoms with Crippen LogP contribution in [0.3, 0.4) is 0 Å². The van der Waals surface area contributed by atoms with Gasteiger partial charge in [0.2, 0.25) is 5.91 Å². The Balaban J connectivity index is 2.44. The molecule has 1 aromatic rings. The van der Waals surface area contributed by atoms with Gasteiger partial charge in [0.15, 0.2) is 0 Å². The Hall–Kier alpha value is -0.680. The number of anilines is 2. The van der Waals surface area contributed by atoms with Gasteiger partial charge in [-0.1, -0.05) is 15.9 Å². The van der Waals surface area contributed by atoms with Gasteiger partial charge in [-0.25, -0.2) is 0 Å². The van der Waals surface area contributed by atoms with Crippen molar-refractivity contribution in [3.8, 4) is 0 Å². The minimum absolute atomic E-state index is 0.0946. The summed E-state index contributed by atoms with van der Waals surface area (Å²) in [6.07, 6.45) is 0.484. The number of nitrogens with zero attached hydrogens (tertiary/aromatic N) is 1. The summed E-state index contributed by atoms with van der Waals surface area (Å²) < 4.78 is 0.931. The van der Waals surface area contributed by atoms with Crippen molar-refractivity contribution in [2.24, 2.45) is 0 Å². The van der Waals surface area contributed by atoms with Crippen LogP contribution in [0.25, 0.3) is 0 Å². The zero-order valence-electron chi connectivity index (χ0n) is 8.90. The Morgan fingerprint density at radius 1 is 1.56 bits per heavy atom. The highest BCUT2D eigenvalue weighted by atomic mass is 79.9. The smallest absolute Gasteiger partial charge is 0.228 e. The van der Waals surface area contributed by atoms with Gasteiger partial charge in [-0.2, -0.15) is 12.6 Å². The van der Waals surface area contributed by atoms with E-state index in [9.17, 15) is 4.79 Å². The number of carbonyl (C=O) groups excluding carboxylic acids is 1.